The van der Waals surface area contributed by atoms with Crippen LogP contribution >= 0.6 is 11.6 Å². The SMILES string of the molecule is [2H]c1nc(=NC(CC)CCCCCCOC)c(Cl)c(CC)[nH]1. The molecule has 0 amide bonds. The van der Waals surface area contributed by atoms with E-state index in [-0.39, 0.29) is 12.3 Å². The minimum absolute atomic E-state index is 0.120. The van der Waals surface area contributed by atoms with Gasteiger partial charge in [-0.1, -0.05) is 44.7 Å². The summed E-state index contributed by atoms with van der Waals surface area (Å²) in [7, 11) is 1.74. The molecule has 0 spiro atoms. The zero-order valence-corrected chi connectivity index (χ0v) is 14.2. The van der Waals surface area contributed by atoms with E-state index in [0.29, 0.717) is 10.5 Å². The van der Waals surface area contributed by atoms with E-state index in [1.165, 1.54) is 12.8 Å². The Hall–Kier alpha value is -0.870. The Morgan fingerprint density at radius 2 is 2.14 bits per heavy atom. The van der Waals surface area contributed by atoms with Crippen molar-refractivity contribution < 1.29 is 6.11 Å². The zero-order valence-electron chi connectivity index (χ0n) is 14.4. The summed E-state index contributed by atoms with van der Waals surface area (Å²) in [6, 6.07) is 0.221. The van der Waals surface area contributed by atoms with Crippen molar-refractivity contribution in [1.82, 2.24) is 9.97 Å². The lowest BCUT2D eigenvalue weighted by molar-refractivity contribution is 0.192. The molecule has 0 bridgehead atoms. The molecule has 0 fully saturated rings. The van der Waals surface area contributed by atoms with Crippen LogP contribution in [0.5, 0.6) is 0 Å². The summed E-state index contributed by atoms with van der Waals surface area (Å²) in [6.45, 7) is 4.97. The molecule has 5 heteroatoms. The monoisotopic (exact) mass is 314 g/mol. The number of aromatic nitrogens is 2. The van der Waals surface area contributed by atoms with Crippen molar-refractivity contribution >= 4 is 11.6 Å². The van der Waals surface area contributed by atoms with Crippen molar-refractivity contribution in [3.05, 3.63) is 22.5 Å². The van der Waals surface area contributed by atoms with Gasteiger partial charge in [0.15, 0.2) is 5.49 Å². The number of methoxy groups -OCH3 is 1. The molecule has 1 rings (SSSR count). The second-order valence-corrected chi connectivity index (χ2v) is 5.58. The minimum Gasteiger partial charge on any atom is -0.385 e. The van der Waals surface area contributed by atoms with Crippen LogP contribution in [0.4, 0.5) is 0 Å². The first-order chi connectivity index (χ1) is 10.6. The van der Waals surface area contributed by atoms with Gasteiger partial charge in [0.1, 0.15) is 6.39 Å². The lowest BCUT2D eigenvalue weighted by Gasteiger charge is -2.10. The van der Waals surface area contributed by atoms with Gasteiger partial charge in [-0.05, 0) is 25.7 Å². The Labute approximate surface area is 134 Å². The van der Waals surface area contributed by atoms with Crippen LogP contribution in [0, 0.1) is 0 Å². The van der Waals surface area contributed by atoms with Gasteiger partial charge in [0, 0.05) is 19.4 Å². The fourth-order valence-corrected chi connectivity index (χ4v) is 2.50. The van der Waals surface area contributed by atoms with Crippen LogP contribution in [-0.4, -0.2) is 29.7 Å². The summed E-state index contributed by atoms with van der Waals surface area (Å²) >= 11 is 6.32. The lowest BCUT2D eigenvalue weighted by atomic mass is 10.1. The van der Waals surface area contributed by atoms with E-state index in [1.54, 1.807) is 7.11 Å². The molecule has 21 heavy (non-hydrogen) atoms. The molecule has 4 nitrogen and oxygen atoms in total. The van der Waals surface area contributed by atoms with Crippen LogP contribution in [0.15, 0.2) is 11.3 Å². The van der Waals surface area contributed by atoms with Crippen molar-refractivity contribution in [1.29, 1.82) is 0 Å². The van der Waals surface area contributed by atoms with E-state index < -0.39 is 0 Å². The molecule has 0 saturated carbocycles. The molecular formula is C16H28ClN3O. The van der Waals surface area contributed by atoms with Crippen LogP contribution in [0.1, 0.15) is 59.4 Å². The summed E-state index contributed by atoms with van der Waals surface area (Å²) in [5, 5.41) is 0.553. The summed E-state index contributed by atoms with van der Waals surface area (Å²) in [6.07, 6.45) is 7.52. The first kappa shape index (κ1) is 16.5. The predicted molar refractivity (Wildman–Crippen MR) is 87.6 cm³/mol. The molecule has 1 aromatic heterocycles. The van der Waals surface area contributed by atoms with E-state index in [4.69, 9.17) is 17.7 Å². The molecule has 1 N–H and O–H groups in total. The highest BCUT2D eigenvalue weighted by Gasteiger charge is 2.07. The third-order valence-corrected chi connectivity index (χ3v) is 3.99. The van der Waals surface area contributed by atoms with Crippen molar-refractivity contribution in [3.63, 3.8) is 0 Å². The lowest BCUT2D eigenvalue weighted by Crippen LogP contribution is -2.17. The maximum Gasteiger partial charge on any atom is 0.169 e. The Morgan fingerprint density at radius 1 is 1.38 bits per heavy atom. The summed E-state index contributed by atoms with van der Waals surface area (Å²) in [5.74, 6) is 0. The van der Waals surface area contributed by atoms with Gasteiger partial charge in [0.05, 0.1) is 12.3 Å². The van der Waals surface area contributed by atoms with Crippen molar-refractivity contribution in [2.45, 2.75) is 64.8 Å². The van der Waals surface area contributed by atoms with Gasteiger partial charge in [0.2, 0.25) is 0 Å². The smallest absolute Gasteiger partial charge is 0.169 e. The molecule has 120 valence electrons. The molecule has 0 aliphatic carbocycles. The summed E-state index contributed by atoms with van der Waals surface area (Å²) in [5.41, 5.74) is 1.34. The number of aryl methyl sites for hydroxylation is 1. The van der Waals surface area contributed by atoms with Gasteiger partial charge in [-0.25, -0.2) is 4.98 Å². The number of H-pyrrole nitrogens is 1. The number of hydrogen-bond donors (Lipinski definition) is 1. The van der Waals surface area contributed by atoms with Crippen molar-refractivity contribution in [2.24, 2.45) is 4.99 Å². The van der Waals surface area contributed by atoms with E-state index >= 15 is 0 Å². The van der Waals surface area contributed by atoms with Gasteiger partial charge >= 0.3 is 0 Å². The Bertz CT molecular complexity index is 505. The number of hydrogen-bond acceptors (Lipinski definition) is 3. The third kappa shape index (κ3) is 6.62. The molecule has 1 atom stereocenters. The number of nitrogens with zero attached hydrogens (tertiary/aromatic N) is 2. The zero-order chi connectivity index (χ0) is 16.4. The number of aromatic amines is 1. The number of rotatable bonds is 10. The average molecular weight is 315 g/mol. The Morgan fingerprint density at radius 3 is 2.81 bits per heavy atom. The molecular weight excluding hydrogens is 286 g/mol. The number of halogens is 1. The minimum atomic E-state index is 0.120. The van der Waals surface area contributed by atoms with Crippen LogP contribution in [0.25, 0.3) is 0 Å². The second kappa shape index (κ2) is 10.8. The maximum atomic E-state index is 7.71. The Kier molecular flexibility index (Phi) is 8.48. The number of ether oxygens (including phenoxy) is 1. The van der Waals surface area contributed by atoms with E-state index in [0.717, 1.165) is 44.4 Å². The van der Waals surface area contributed by atoms with Crippen molar-refractivity contribution in [3.8, 4) is 0 Å². The normalized spacial score (nSPS) is 14.3. The van der Waals surface area contributed by atoms with Crippen molar-refractivity contribution in [2.75, 3.05) is 13.7 Å². The maximum absolute atomic E-state index is 7.71. The highest BCUT2D eigenvalue weighted by molar-refractivity contribution is 6.30. The van der Waals surface area contributed by atoms with Gasteiger partial charge in [-0.2, -0.15) is 0 Å². The fourth-order valence-electron chi connectivity index (χ4n) is 2.23. The molecule has 1 aromatic rings. The molecule has 0 radical (unpaired) electrons. The second-order valence-electron chi connectivity index (χ2n) is 5.21. The molecule has 0 saturated heterocycles. The molecule has 0 aliphatic heterocycles. The van der Waals surface area contributed by atoms with Crippen LogP contribution in [0.3, 0.4) is 0 Å². The highest BCUT2D eigenvalue weighted by atomic mass is 35.5. The fraction of sp³-hybridized carbons (Fsp3) is 0.750. The number of nitrogens with one attached hydrogen (secondary N) is 1. The largest absolute Gasteiger partial charge is 0.385 e. The summed E-state index contributed by atoms with van der Waals surface area (Å²) in [4.78, 5) is 11.7. The first-order valence-corrected chi connectivity index (χ1v) is 8.28. The quantitative estimate of drug-likeness (QED) is 0.666. The van der Waals surface area contributed by atoms with Crippen LogP contribution in [0.2, 0.25) is 5.02 Å². The predicted octanol–water partition coefficient (Wildman–Crippen LogP) is 3.90. The number of unbranched alkanes of at least 4 members (excludes halogenated alkanes) is 3. The van der Waals surface area contributed by atoms with Crippen LogP contribution in [-0.2, 0) is 11.2 Å². The van der Waals surface area contributed by atoms with E-state index in [2.05, 4.69) is 21.9 Å². The highest BCUT2D eigenvalue weighted by Crippen LogP contribution is 2.12. The van der Waals surface area contributed by atoms with Gasteiger partial charge in [-0.3, -0.25) is 4.99 Å². The van der Waals surface area contributed by atoms with Gasteiger partial charge in [0.25, 0.3) is 0 Å². The van der Waals surface area contributed by atoms with Gasteiger partial charge < -0.3 is 9.72 Å². The molecule has 1 unspecified atom stereocenters. The van der Waals surface area contributed by atoms with Gasteiger partial charge in [-0.15, -0.1) is 0 Å². The first-order valence-electron chi connectivity index (χ1n) is 8.40. The van der Waals surface area contributed by atoms with E-state index in [1.807, 2.05) is 6.92 Å². The van der Waals surface area contributed by atoms with Crippen LogP contribution < -0.4 is 5.49 Å². The Balaban J connectivity index is 2.66. The summed E-state index contributed by atoms with van der Waals surface area (Å²) < 4.78 is 12.8. The third-order valence-electron chi connectivity index (χ3n) is 3.60. The average Bonchev–Trinajstić information content (AvgIpc) is 2.52. The molecule has 0 aliphatic rings. The standard InChI is InChI=1S/C16H28ClN3O/c1-4-13(10-8-6-7-9-11-21-3)20-16-15(17)14(5-2)18-12-19-16/h12-13H,4-11H2,1-3H3,(H,18,19,20)/i12D. The topological polar surface area (TPSA) is 50.3 Å². The molecule has 0 aromatic carbocycles. The van der Waals surface area contributed by atoms with E-state index in [9.17, 15) is 0 Å². The molecule has 1 heterocycles.